The molecule has 1 spiro atoms. The zero-order valence-electron chi connectivity index (χ0n) is 10.4. The number of amides is 1. The van der Waals surface area contributed by atoms with Gasteiger partial charge in [0.2, 0.25) is 0 Å². The highest BCUT2D eigenvalue weighted by Gasteiger charge is 2.47. The van der Waals surface area contributed by atoms with E-state index in [1.807, 2.05) is 24.9 Å². The van der Waals surface area contributed by atoms with Crippen molar-refractivity contribution >= 4 is 5.91 Å². The lowest BCUT2D eigenvalue weighted by Crippen LogP contribution is -2.48. The van der Waals surface area contributed by atoms with E-state index in [0.717, 1.165) is 37.1 Å². The molecule has 0 radical (unpaired) electrons. The second-order valence-corrected chi connectivity index (χ2v) is 5.19. The third kappa shape index (κ3) is 1.35. The van der Waals surface area contributed by atoms with Crippen LogP contribution in [0.3, 0.4) is 0 Å². The monoisotopic (exact) mass is 230 g/mol. The normalized spacial score (nSPS) is 22.0. The maximum Gasteiger partial charge on any atom is 0.254 e. The van der Waals surface area contributed by atoms with Gasteiger partial charge in [-0.2, -0.15) is 0 Å². The first-order valence-electron chi connectivity index (χ1n) is 6.25. The highest BCUT2D eigenvalue weighted by Crippen LogP contribution is 2.44. The highest BCUT2D eigenvalue weighted by atomic mass is 16.2. The average Bonchev–Trinajstić information content (AvgIpc) is 2.54. The van der Waals surface area contributed by atoms with Crippen molar-refractivity contribution in [2.75, 3.05) is 20.1 Å². The Morgan fingerprint density at radius 2 is 2.00 bits per heavy atom. The fraction of sp³-hybridized carbons (Fsp3) is 0.500. The molecule has 17 heavy (non-hydrogen) atoms. The first kappa shape index (κ1) is 10.8. The summed E-state index contributed by atoms with van der Waals surface area (Å²) in [5, 5.41) is 3.38. The van der Waals surface area contributed by atoms with Crippen molar-refractivity contribution in [1.82, 2.24) is 10.2 Å². The van der Waals surface area contributed by atoms with Crippen LogP contribution in [0.5, 0.6) is 0 Å². The molecule has 1 amide bonds. The van der Waals surface area contributed by atoms with E-state index < -0.39 is 0 Å². The summed E-state index contributed by atoms with van der Waals surface area (Å²) in [6.45, 7) is 4.02. The van der Waals surface area contributed by atoms with Gasteiger partial charge in [0.25, 0.3) is 5.91 Å². The summed E-state index contributed by atoms with van der Waals surface area (Å²) in [5.74, 6) is 0.186. The van der Waals surface area contributed by atoms with Gasteiger partial charge in [-0.3, -0.25) is 4.79 Å². The van der Waals surface area contributed by atoms with Gasteiger partial charge < -0.3 is 10.2 Å². The lowest BCUT2D eigenvalue weighted by atomic mass is 9.81. The van der Waals surface area contributed by atoms with Gasteiger partial charge in [0.1, 0.15) is 0 Å². The summed E-state index contributed by atoms with van der Waals surface area (Å²) in [4.78, 5) is 14.3. The maximum atomic E-state index is 12.3. The van der Waals surface area contributed by atoms with Crippen molar-refractivity contribution in [3.05, 3.63) is 34.9 Å². The predicted molar refractivity (Wildman–Crippen MR) is 67.1 cm³/mol. The lowest BCUT2D eigenvalue weighted by Gasteiger charge is -2.40. The van der Waals surface area contributed by atoms with Gasteiger partial charge in [-0.05, 0) is 44.5 Å². The lowest BCUT2D eigenvalue weighted by molar-refractivity contribution is 0.0551. The van der Waals surface area contributed by atoms with Crippen molar-refractivity contribution in [2.45, 2.75) is 25.3 Å². The first-order valence-corrected chi connectivity index (χ1v) is 6.25. The van der Waals surface area contributed by atoms with E-state index in [0.29, 0.717) is 0 Å². The van der Waals surface area contributed by atoms with Gasteiger partial charge in [-0.15, -0.1) is 0 Å². The van der Waals surface area contributed by atoms with Crippen LogP contribution in [0.1, 0.15) is 34.3 Å². The molecule has 0 aliphatic carbocycles. The zero-order valence-corrected chi connectivity index (χ0v) is 10.4. The van der Waals surface area contributed by atoms with Crippen LogP contribution in [0, 0.1) is 6.92 Å². The van der Waals surface area contributed by atoms with E-state index in [4.69, 9.17) is 0 Å². The van der Waals surface area contributed by atoms with E-state index in [-0.39, 0.29) is 11.4 Å². The molecule has 0 atom stereocenters. The van der Waals surface area contributed by atoms with Gasteiger partial charge >= 0.3 is 0 Å². The Morgan fingerprint density at radius 3 is 2.71 bits per heavy atom. The number of fused-ring (bicyclic) bond motifs is 2. The topological polar surface area (TPSA) is 32.3 Å². The second-order valence-electron chi connectivity index (χ2n) is 5.19. The molecule has 2 aliphatic heterocycles. The Bertz CT molecular complexity index is 475. The smallest absolute Gasteiger partial charge is 0.254 e. The molecule has 1 fully saturated rings. The highest BCUT2D eigenvalue weighted by molar-refractivity contribution is 6.00. The van der Waals surface area contributed by atoms with E-state index >= 15 is 0 Å². The molecular formula is C14H18N2O. The van der Waals surface area contributed by atoms with Gasteiger partial charge in [-0.25, -0.2) is 0 Å². The minimum Gasteiger partial charge on any atom is -0.332 e. The molecule has 3 rings (SSSR count). The summed E-state index contributed by atoms with van der Waals surface area (Å²) in [6, 6.07) is 6.30. The number of piperidine rings is 1. The molecule has 0 aromatic heterocycles. The number of benzene rings is 1. The standard InChI is InChI=1S/C14H18N2O/c1-10-3-4-12-11(9-10)13(17)16(2)14(12)5-7-15-8-6-14/h3-4,9,15H,5-8H2,1-2H3. The summed E-state index contributed by atoms with van der Waals surface area (Å²) < 4.78 is 0. The summed E-state index contributed by atoms with van der Waals surface area (Å²) in [7, 11) is 1.95. The van der Waals surface area contributed by atoms with Gasteiger partial charge in [0, 0.05) is 12.6 Å². The molecular weight excluding hydrogens is 212 g/mol. The third-order valence-electron chi connectivity index (χ3n) is 4.28. The fourth-order valence-electron chi connectivity index (χ4n) is 3.24. The Balaban J connectivity index is 2.16. The molecule has 1 aromatic rings. The molecule has 2 aliphatic rings. The molecule has 1 saturated heterocycles. The van der Waals surface area contributed by atoms with Crippen LogP contribution in [0.25, 0.3) is 0 Å². The largest absolute Gasteiger partial charge is 0.332 e. The number of hydrogen-bond acceptors (Lipinski definition) is 2. The van der Waals surface area contributed by atoms with Crippen molar-refractivity contribution in [3.8, 4) is 0 Å². The summed E-state index contributed by atoms with van der Waals surface area (Å²) >= 11 is 0. The number of nitrogens with one attached hydrogen (secondary N) is 1. The van der Waals surface area contributed by atoms with E-state index in [2.05, 4.69) is 17.4 Å². The molecule has 3 nitrogen and oxygen atoms in total. The van der Waals surface area contributed by atoms with Crippen molar-refractivity contribution < 1.29 is 4.79 Å². The first-order chi connectivity index (χ1) is 8.15. The van der Waals surface area contributed by atoms with Crippen molar-refractivity contribution in [2.24, 2.45) is 0 Å². The molecule has 1 aromatic carbocycles. The molecule has 0 unspecified atom stereocenters. The quantitative estimate of drug-likeness (QED) is 0.735. The summed E-state index contributed by atoms with van der Waals surface area (Å²) in [5.41, 5.74) is 3.26. The van der Waals surface area contributed by atoms with Crippen LogP contribution in [-0.4, -0.2) is 30.9 Å². The minimum absolute atomic E-state index is 0.0502. The van der Waals surface area contributed by atoms with Crippen LogP contribution in [0.2, 0.25) is 0 Å². The zero-order chi connectivity index (χ0) is 12.0. The van der Waals surface area contributed by atoms with Gasteiger partial charge in [-0.1, -0.05) is 17.7 Å². The Labute approximate surface area is 102 Å². The van der Waals surface area contributed by atoms with Crippen LogP contribution in [-0.2, 0) is 5.54 Å². The van der Waals surface area contributed by atoms with E-state index in [9.17, 15) is 4.79 Å². The minimum atomic E-state index is -0.0502. The van der Waals surface area contributed by atoms with Crippen LogP contribution in [0.15, 0.2) is 18.2 Å². The maximum absolute atomic E-state index is 12.3. The Morgan fingerprint density at radius 1 is 1.29 bits per heavy atom. The number of carbonyl (C=O) groups is 1. The van der Waals surface area contributed by atoms with Crippen LogP contribution >= 0.6 is 0 Å². The molecule has 2 heterocycles. The van der Waals surface area contributed by atoms with Crippen LogP contribution in [0.4, 0.5) is 0 Å². The second kappa shape index (κ2) is 3.57. The predicted octanol–water partition coefficient (Wildman–Crippen LogP) is 1.66. The Hall–Kier alpha value is -1.35. The number of nitrogens with zero attached hydrogens (tertiary/aromatic N) is 1. The number of carbonyl (C=O) groups excluding carboxylic acids is 1. The fourth-order valence-corrected chi connectivity index (χ4v) is 3.24. The summed E-state index contributed by atoms with van der Waals surface area (Å²) in [6.07, 6.45) is 2.04. The SMILES string of the molecule is Cc1ccc2c(c1)C(=O)N(C)C21CCNCC1. The molecule has 3 heteroatoms. The van der Waals surface area contributed by atoms with E-state index in [1.165, 1.54) is 5.56 Å². The van der Waals surface area contributed by atoms with Gasteiger partial charge in [0.05, 0.1) is 5.54 Å². The molecule has 0 saturated carbocycles. The number of aryl methyl sites for hydroxylation is 1. The van der Waals surface area contributed by atoms with Crippen molar-refractivity contribution in [3.63, 3.8) is 0 Å². The molecule has 90 valence electrons. The molecule has 1 N–H and O–H groups in total. The van der Waals surface area contributed by atoms with E-state index in [1.54, 1.807) is 0 Å². The number of rotatable bonds is 0. The van der Waals surface area contributed by atoms with Gasteiger partial charge in [0.15, 0.2) is 0 Å². The number of hydrogen-bond donors (Lipinski definition) is 1. The Kier molecular flexibility index (Phi) is 2.26. The van der Waals surface area contributed by atoms with Crippen LogP contribution < -0.4 is 5.32 Å². The van der Waals surface area contributed by atoms with Crippen molar-refractivity contribution in [1.29, 1.82) is 0 Å². The average molecular weight is 230 g/mol. The molecule has 0 bridgehead atoms. The third-order valence-corrected chi connectivity index (χ3v) is 4.28.